The molecule has 0 heterocycles. The van der Waals surface area contributed by atoms with E-state index in [0.717, 1.165) is 12.2 Å². The van der Waals surface area contributed by atoms with Crippen LogP contribution in [0.1, 0.15) is 25.0 Å². The molecule has 6 heteroatoms. The van der Waals surface area contributed by atoms with Crippen molar-refractivity contribution in [2.24, 2.45) is 5.92 Å². The largest absolute Gasteiger partial charge is 0.503 e. The second-order valence-electron chi connectivity index (χ2n) is 7.09. The SMILES string of the molecule is CO/C=C(/C(=O)OC)c1ccccc1COc1ccc(N(C)CC(C)C)cc1F. The zero-order valence-corrected chi connectivity index (χ0v) is 17.6. The fourth-order valence-electron chi connectivity index (χ4n) is 3.01. The van der Waals surface area contributed by atoms with Gasteiger partial charge in [0.05, 0.1) is 20.5 Å². The molecule has 0 aromatic heterocycles. The molecule has 2 aromatic carbocycles. The van der Waals surface area contributed by atoms with Gasteiger partial charge in [0.1, 0.15) is 12.2 Å². The predicted octanol–water partition coefficient (Wildman–Crippen LogP) is 4.66. The average Bonchev–Trinajstić information content (AvgIpc) is 2.70. The normalized spacial score (nSPS) is 11.3. The lowest BCUT2D eigenvalue weighted by atomic mass is 10.0. The van der Waals surface area contributed by atoms with Gasteiger partial charge in [-0.3, -0.25) is 0 Å². The van der Waals surface area contributed by atoms with Crippen molar-refractivity contribution in [3.8, 4) is 5.75 Å². The molecule has 0 aliphatic rings. The third-order valence-electron chi connectivity index (χ3n) is 4.33. The summed E-state index contributed by atoms with van der Waals surface area (Å²) in [6.45, 7) is 5.15. The smallest absolute Gasteiger partial charge is 0.341 e. The van der Waals surface area contributed by atoms with Gasteiger partial charge in [-0.25, -0.2) is 9.18 Å². The number of anilines is 1. The minimum absolute atomic E-state index is 0.0896. The predicted molar refractivity (Wildman–Crippen MR) is 112 cm³/mol. The molecular weight excluding hydrogens is 373 g/mol. The van der Waals surface area contributed by atoms with Crippen molar-refractivity contribution in [1.29, 1.82) is 0 Å². The van der Waals surface area contributed by atoms with Crippen LogP contribution in [0.15, 0.2) is 48.7 Å². The van der Waals surface area contributed by atoms with E-state index in [1.807, 2.05) is 30.1 Å². The van der Waals surface area contributed by atoms with Crippen LogP contribution in [0.5, 0.6) is 5.75 Å². The molecule has 0 N–H and O–H groups in total. The molecule has 0 atom stereocenters. The number of methoxy groups -OCH3 is 2. The van der Waals surface area contributed by atoms with Crippen LogP contribution < -0.4 is 9.64 Å². The molecule has 0 spiro atoms. The average molecular weight is 401 g/mol. The van der Waals surface area contributed by atoms with Crippen LogP contribution in [0.2, 0.25) is 0 Å². The molecule has 2 aromatic rings. The van der Waals surface area contributed by atoms with Crippen LogP contribution in [-0.4, -0.2) is 33.8 Å². The van der Waals surface area contributed by atoms with Gasteiger partial charge in [0.25, 0.3) is 0 Å². The number of hydrogen-bond acceptors (Lipinski definition) is 5. The summed E-state index contributed by atoms with van der Waals surface area (Å²) in [5.74, 6) is -0.337. The van der Waals surface area contributed by atoms with Gasteiger partial charge in [-0.1, -0.05) is 38.1 Å². The molecule has 0 amide bonds. The van der Waals surface area contributed by atoms with Crippen LogP contribution >= 0.6 is 0 Å². The van der Waals surface area contributed by atoms with Crippen molar-refractivity contribution in [2.75, 3.05) is 32.7 Å². The Morgan fingerprint density at radius 1 is 1.17 bits per heavy atom. The van der Waals surface area contributed by atoms with Gasteiger partial charge >= 0.3 is 5.97 Å². The first-order valence-corrected chi connectivity index (χ1v) is 9.40. The lowest BCUT2D eigenvalue weighted by Gasteiger charge is -2.22. The van der Waals surface area contributed by atoms with Gasteiger partial charge in [0, 0.05) is 25.3 Å². The number of ether oxygens (including phenoxy) is 3. The molecule has 29 heavy (non-hydrogen) atoms. The second kappa shape index (κ2) is 10.5. The summed E-state index contributed by atoms with van der Waals surface area (Å²) in [6, 6.07) is 12.1. The number of rotatable bonds is 9. The zero-order valence-electron chi connectivity index (χ0n) is 17.6. The first-order valence-electron chi connectivity index (χ1n) is 9.40. The first kappa shape index (κ1) is 22.3. The van der Waals surface area contributed by atoms with Gasteiger partial charge in [-0.15, -0.1) is 0 Å². The van der Waals surface area contributed by atoms with E-state index in [1.165, 1.54) is 26.5 Å². The Kier molecular flexibility index (Phi) is 8.07. The van der Waals surface area contributed by atoms with Gasteiger partial charge in [0.2, 0.25) is 0 Å². The topological polar surface area (TPSA) is 48.0 Å². The Morgan fingerprint density at radius 2 is 1.90 bits per heavy atom. The number of hydrogen-bond donors (Lipinski definition) is 0. The van der Waals surface area contributed by atoms with Crippen molar-refractivity contribution in [2.45, 2.75) is 20.5 Å². The van der Waals surface area contributed by atoms with E-state index in [1.54, 1.807) is 18.2 Å². The van der Waals surface area contributed by atoms with Gasteiger partial charge in [-0.05, 0) is 29.2 Å². The number of halogens is 1. The molecule has 0 aliphatic heterocycles. The number of carbonyl (C=O) groups is 1. The van der Waals surface area contributed by atoms with Crippen molar-refractivity contribution in [3.05, 3.63) is 65.7 Å². The highest BCUT2D eigenvalue weighted by molar-refractivity contribution is 6.16. The molecule has 0 radical (unpaired) electrons. The second-order valence-corrected chi connectivity index (χ2v) is 7.09. The fraction of sp³-hybridized carbons (Fsp3) is 0.348. The minimum atomic E-state index is -0.525. The standard InChI is InChI=1S/C23H28FNO4/c1-16(2)13-25(3)18-10-11-22(21(24)12-18)29-14-17-8-6-7-9-19(17)20(15-27-4)23(26)28-5/h6-12,15-16H,13-14H2,1-5H3/b20-15+. The highest BCUT2D eigenvalue weighted by Gasteiger charge is 2.17. The van der Waals surface area contributed by atoms with E-state index in [2.05, 4.69) is 13.8 Å². The summed E-state index contributed by atoms with van der Waals surface area (Å²) in [5, 5.41) is 0. The molecule has 0 unspecified atom stereocenters. The van der Waals surface area contributed by atoms with Gasteiger partial charge in [-0.2, -0.15) is 0 Å². The Labute approximate surface area is 171 Å². The number of nitrogens with zero attached hydrogens (tertiary/aromatic N) is 1. The maximum Gasteiger partial charge on any atom is 0.341 e. The van der Waals surface area contributed by atoms with Crippen molar-refractivity contribution >= 4 is 17.2 Å². The lowest BCUT2D eigenvalue weighted by molar-refractivity contribution is -0.133. The van der Waals surface area contributed by atoms with Crippen LogP contribution in [0, 0.1) is 11.7 Å². The third-order valence-corrected chi connectivity index (χ3v) is 4.33. The molecule has 0 fully saturated rings. The summed E-state index contributed by atoms with van der Waals surface area (Å²) in [7, 11) is 4.69. The maximum absolute atomic E-state index is 14.6. The van der Waals surface area contributed by atoms with Gasteiger partial charge in [0.15, 0.2) is 11.6 Å². The Balaban J connectivity index is 2.20. The fourth-order valence-corrected chi connectivity index (χ4v) is 3.01. The van der Waals surface area contributed by atoms with Crippen LogP contribution in [-0.2, 0) is 20.9 Å². The number of benzene rings is 2. The molecule has 0 aliphatic carbocycles. The third kappa shape index (κ3) is 5.98. The van der Waals surface area contributed by atoms with E-state index in [-0.39, 0.29) is 17.9 Å². The molecule has 0 bridgehead atoms. The van der Waals surface area contributed by atoms with Gasteiger partial charge < -0.3 is 19.1 Å². The van der Waals surface area contributed by atoms with Crippen LogP contribution in [0.4, 0.5) is 10.1 Å². The van der Waals surface area contributed by atoms with Crippen molar-refractivity contribution < 1.29 is 23.4 Å². The Bertz CT molecular complexity index is 864. The maximum atomic E-state index is 14.6. The summed E-state index contributed by atoms with van der Waals surface area (Å²) in [5.41, 5.74) is 2.37. The molecule has 5 nitrogen and oxygen atoms in total. The highest BCUT2D eigenvalue weighted by Crippen LogP contribution is 2.26. The van der Waals surface area contributed by atoms with E-state index in [0.29, 0.717) is 17.0 Å². The quantitative estimate of drug-likeness (QED) is 0.348. The zero-order chi connectivity index (χ0) is 21.4. The summed E-state index contributed by atoms with van der Waals surface area (Å²) in [4.78, 5) is 14.1. The molecular formula is C23H28FNO4. The number of carbonyl (C=O) groups excluding carboxylic acids is 1. The Morgan fingerprint density at radius 3 is 2.52 bits per heavy atom. The van der Waals surface area contributed by atoms with Crippen molar-refractivity contribution in [3.63, 3.8) is 0 Å². The number of esters is 1. The van der Waals surface area contributed by atoms with E-state index < -0.39 is 11.8 Å². The summed E-state index contributed by atoms with van der Waals surface area (Å²) in [6.07, 6.45) is 1.32. The van der Waals surface area contributed by atoms with E-state index in [4.69, 9.17) is 14.2 Å². The minimum Gasteiger partial charge on any atom is -0.503 e. The Hall–Kier alpha value is -3.02. The monoisotopic (exact) mass is 401 g/mol. The van der Waals surface area contributed by atoms with E-state index >= 15 is 0 Å². The van der Waals surface area contributed by atoms with E-state index in [9.17, 15) is 9.18 Å². The van der Waals surface area contributed by atoms with Crippen LogP contribution in [0.25, 0.3) is 5.57 Å². The van der Waals surface area contributed by atoms with Crippen molar-refractivity contribution in [1.82, 2.24) is 0 Å². The molecule has 0 saturated heterocycles. The lowest BCUT2D eigenvalue weighted by Crippen LogP contribution is -2.22. The molecule has 156 valence electrons. The molecule has 0 saturated carbocycles. The summed E-state index contributed by atoms with van der Waals surface area (Å²) >= 11 is 0. The van der Waals surface area contributed by atoms with Crippen LogP contribution in [0.3, 0.4) is 0 Å². The first-order chi connectivity index (χ1) is 13.9. The highest BCUT2D eigenvalue weighted by atomic mass is 19.1. The molecule has 2 rings (SSSR count). The summed E-state index contributed by atoms with van der Waals surface area (Å²) < 4.78 is 30.1.